The number of hydrogen-bond acceptors (Lipinski definition) is 4. The third kappa shape index (κ3) is 6.59. The fraction of sp³-hybridized carbons (Fsp3) is 0.200. The van der Waals surface area contributed by atoms with Gasteiger partial charge in [-0.3, -0.25) is 4.79 Å². The van der Waals surface area contributed by atoms with Gasteiger partial charge in [0.15, 0.2) is 11.5 Å². The average molecular weight is 437 g/mol. The van der Waals surface area contributed by atoms with E-state index in [1.54, 1.807) is 19.4 Å². The Kier molecular flexibility index (Phi) is 7.68. The minimum absolute atomic E-state index is 0.168. The first kappa shape index (κ1) is 22.4. The Balaban J connectivity index is 1.57. The van der Waals surface area contributed by atoms with Crippen molar-refractivity contribution in [3.63, 3.8) is 0 Å². The number of carbonyl (C=O) groups excluding carboxylic acids is 1. The molecule has 0 heterocycles. The molecule has 0 atom stereocenters. The van der Waals surface area contributed by atoms with E-state index in [-0.39, 0.29) is 12.3 Å². The molecule has 0 bridgehead atoms. The van der Waals surface area contributed by atoms with Crippen LogP contribution < -0.4 is 14.9 Å². The van der Waals surface area contributed by atoms with Crippen LogP contribution in [0.4, 0.5) is 0 Å². The van der Waals surface area contributed by atoms with Crippen molar-refractivity contribution in [2.75, 3.05) is 7.11 Å². The highest BCUT2D eigenvalue weighted by molar-refractivity contribution is 6.30. The van der Waals surface area contributed by atoms with Crippen molar-refractivity contribution in [1.82, 2.24) is 5.43 Å². The molecule has 0 saturated heterocycles. The zero-order valence-corrected chi connectivity index (χ0v) is 18.6. The van der Waals surface area contributed by atoms with Gasteiger partial charge in [0.25, 0.3) is 0 Å². The van der Waals surface area contributed by atoms with Crippen LogP contribution in [-0.2, 0) is 17.8 Å². The molecule has 1 amide bonds. The molecule has 160 valence electrons. The fourth-order valence-corrected chi connectivity index (χ4v) is 3.19. The lowest BCUT2D eigenvalue weighted by Crippen LogP contribution is -2.20. The van der Waals surface area contributed by atoms with E-state index in [0.717, 1.165) is 22.3 Å². The van der Waals surface area contributed by atoms with Gasteiger partial charge < -0.3 is 9.47 Å². The van der Waals surface area contributed by atoms with Gasteiger partial charge in [-0.15, -0.1) is 0 Å². The maximum Gasteiger partial charge on any atom is 0.244 e. The Labute approximate surface area is 187 Å². The number of benzene rings is 3. The third-order valence-electron chi connectivity index (χ3n) is 4.75. The van der Waals surface area contributed by atoms with Crippen molar-refractivity contribution in [2.24, 2.45) is 5.10 Å². The van der Waals surface area contributed by atoms with Crippen LogP contribution in [0.15, 0.2) is 65.8 Å². The summed E-state index contributed by atoms with van der Waals surface area (Å²) in [4.78, 5) is 12.2. The molecule has 6 heteroatoms. The van der Waals surface area contributed by atoms with Gasteiger partial charge in [-0.05, 0) is 66.4 Å². The quantitative estimate of drug-likeness (QED) is 0.388. The summed E-state index contributed by atoms with van der Waals surface area (Å²) < 4.78 is 11.3. The largest absolute Gasteiger partial charge is 0.493 e. The topological polar surface area (TPSA) is 59.9 Å². The Morgan fingerprint density at radius 3 is 2.52 bits per heavy atom. The predicted octanol–water partition coefficient (Wildman–Crippen LogP) is 5.24. The fourth-order valence-electron chi connectivity index (χ4n) is 3.06. The zero-order valence-electron chi connectivity index (χ0n) is 17.8. The lowest BCUT2D eigenvalue weighted by Gasteiger charge is -2.11. The van der Waals surface area contributed by atoms with E-state index in [1.807, 2.05) is 62.4 Å². The van der Waals surface area contributed by atoms with Crippen LogP contribution in [0.3, 0.4) is 0 Å². The molecule has 0 aliphatic heterocycles. The van der Waals surface area contributed by atoms with Gasteiger partial charge in [-0.2, -0.15) is 5.10 Å². The Morgan fingerprint density at radius 2 is 1.81 bits per heavy atom. The first-order valence-corrected chi connectivity index (χ1v) is 10.3. The van der Waals surface area contributed by atoms with Crippen molar-refractivity contribution in [3.05, 3.63) is 93.5 Å². The van der Waals surface area contributed by atoms with Crippen molar-refractivity contribution < 1.29 is 14.3 Å². The zero-order chi connectivity index (χ0) is 22.2. The van der Waals surface area contributed by atoms with E-state index in [9.17, 15) is 4.79 Å². The highest BCUT2D eigenvalue weighted by Crippen LogP contribution is 2.28. The molecule has 0 saturated carbocycles. The molecule has 31 heavy (non-hydrogen) atoms. The minimum Gasteiger partial charge on any atom is -0.493 e. The molecule has 3 aromatic carbocycles. The lowest BCUT2D eigenvalue weighted by atomic mass is 10.0. The first-order valence-electron chi connectivity index (χ1n) is 9.88. The lowest BCUT2D eigenvalue weighted by molar-refractivity contribution is -0.120. The van der Waals surface area contributed by atoms with E-state index in [4.69, 9.17) is 21.1 Å². The number of aryl methyl sites for hydroxylation is 2. The molecular weight excluding hydrogens is 412 g/mol. The van der Waals surface area contributed by atoms with Gasteiger partial charge in [0, 0.05) is 5.02 Å². The summed E-state index contributed by atoms with van der Waals surface area (Å²) in [5.41, 5.74) is 7.61. The number of methoxy groups -OCH3 is 1. The van der Waals surface area contributed by atoms with E-state index in [1.165, 1.54) is 5.56 Å². The number of nitrogens with zero attached hydrogens (tertiary/aromatic N) is 1. The maximum atomic E-state index is 12.2. The molecule has 3 aromatic rings. The number of nitrogens with one attached hydrogen (secondary N) is 1. The number of hydrazone groups is 1. The Hall–Kier alpha value is -3.31. The average Bonchev–Trinajstić information content (AvgIpc) is 2.75. The predicted molar refractivity (Wildman–Crippen MR) is 124 cm³/mol. The van der Waals surface area contributed by atoms with Crippen molar-refractivity contribution in [2.45, 2.75) is 26.9 Å². The van der Waals surface area contributed by atoms with Crippen LogP contribution in [0, 0.1) is 13.8 Å². The Morgan fingerprint density at radius 1 is 1.03 bits per heavy atom. The first-order chi connectivity index (χ1) is 14.9. The molecule has 0 radical (unpaired) electrons. The molecule has 5 nitrogen and oxygen atoms in total. The van der Waals surface area contributed by atoms with Crippen molar-refractivity contribution in [1.29, 1.82) is 0 Å². The molecular formula is C25H25ClN2O3. The van der Waals surface area contributed by atoms with Gasteiger partial charge in [-0.1, -0.05) is 47.5 Å². The monoisotopic (exact) mass is 436 g/mol. The second-order valence-electron chi connectivity index (χ2n) is 7.23. The minimum atomic E-state index is -0.168. The summed E-state index contributed by atoms with van der Waals surface area (Å²) in [7, 11) is 1.58. The summed E-state index contributed by atoms with van der Waals surface area (Å²) in [5, 5.41) is 4.74. The molecule has 1 N–H and O–H groups in total. The van der Waals surface area contributed by atoms with Crippen molar-refractivity contribution in [3.8, 4) is 11.5 Å². The van der Waals surface area contributed by atoms with Crippen LogP contribution in [0.1, 0.15) is 27.8 Å². The normalized spacial score (nSPS) is 10.8. The van der Waals surface area contributed by atoms with Gasteiger partial charge >= 0.3 is 0 Å². The SMILES string of the molecule is COc1cc(/C=N/NC(=O)Cc2ccc(C)cc2C)ccc1OCc1ccc(Cl)cc1. The summed E-state index contributed by atoms with van der Waals surface area (Å²) in [6, 6.07) is 19.0. The van der Waals surface area contributed by atoms with E-state index < -0.39 is 0 Å². The number of halogens is 1. The number of hydrogen-bond donors (Lipinski definition) is 1. The van der Waals surface area contributed by atoms with Gasteiger partial charge in [0.2, 0.25) is 5.91 Å². The van der Waals surface area contributed by atoms with Gasteiger partial charge in [0.1, 0.15) is 6.61 Å². The van der Waals surface area contributed by atoms with Crippen LogP contribution in [-0.4, -0.2) is 19.2 Å². The van der Waals surface area contributed by atoms with Crippen LogP contribution >= 0.6 is 11.6 Å². The standard InChI is InChI=1S/C25H25ClN2O3/c1-17-4-8-21(18(2)12-17)14-25(29)28-27-15-20-7-11-23(24(13-20)30-3)31-16-19-5-9-22(26)10-6-19/h4-13,15H,14,16H2,1-3H3,(H,28,29)/b27-15+. The Bertz CT molecular complexity index is 1080. The molecule has 0 aliphatic carbocycles. The molecule has 3 rings (SSSR count). The van der Waals surface area contributed by atoms with Crippen molar-refractivity contribution >= 4 is 23.7 Å². The summed E-state index contributed by atoms with van der Waals surface area (Å²) in [6.07, 6.45) is 1.86. The van der Waals surface area contributed by atoms with Gasteiger partial charge in [0.05, 0.1) is 19.7 Å². The summed E-state index contributed by atoms with van der Waals surface area (Å²) in [6.45, 7) is 4.43. The van der Waals surface area contributed by atoms with Crippen LogP contribution in [0.2, 0.25) is 5.02 Å². The van der Waals surface area contributed by atoms with Gasteiger partial charge in [-0.25, -0.2) is 5.43 Å². The molecule has 0 aromatic heterocycles. The second-order valence-corrected chi connectivity index (χ2v) is 7.66. The molecule has 0 aliphatic rings. The molecule has 0 spiro atoms. The van der Waals surface area contributed by atoms with Crippen LogP contribution in [0.5, 0.6) is 11.5 Å². The number of ether oxygens (including phenoxy) is 2. The number of amides is 1. The number of rotatable bonds is 8. The number of carbonyl (C=O) groups is 1. The highest BCUT2D eigenvalue weighted by atomic mass is 35.5. The maximum absolute atomic E-state index is 12.2. The second kappa shape index (κ2) is 10.6. The molecule has 0 fully saturated rings. The smallest absolute Gasteiger partial charge is 0.244 e. The van der Waals surface area contributed by atoms with E-state index in [2.05, 4.69) is 16.6 Å². The summed E-state index contributed by atoms with van der Waals surface area (Å²) in [5.74, 6) is 1.03. The van der Waals surface area contributed by atoms with E-state index in [0.29, 0.717) is 23.1 Å². The highest BCUT2D eigenvalue weighted by Gasteiger charge is 2.07. The van der Waals surface area contributed by atoms with Crippen LogP contribution in [0.25, 0.3) is 0 Å². The summed E-state index contributed by atoms with van der Waals surface area (Å²) >= 11 is 5.91. The molecule has 0 unspecified atom stereocenters. The third-order valence-corrected chi connectivity index (χ3v) is 5.00. The van der Waals surface area contributed by atoms with E-state index >= 15 is 0 Å².